The maximum Gasteiger partial charge on any atom is 0.340 e. The molecule has 0 amide bonds. The quantitative estimate of drug-likeness (QED) is 0.171. The highest BCUT2D eigenvalue weighted by atomic mass is 79.9. The van der Waals surface area contributed by atoms with Gasteiger partial charge in [0.1, 0.15) is 17.4 Å². The molecule has 13 heteroatoms. The van der Waals surface area contributed by atoms with Gasteiger partial charge in [0.2, 0.25) is 4.96 Å². The van der Waals surface area contributed by atoms with E-state index in [9.17, 15) is 4.39 Å². The third-order valence-electron chi connectivity index (χ3n) is 5.62. The molecule has 3 heterocycles. The third kappa shape index (κ3) is 4.83. The molecule has 0 fully saturated rings. The molecular formula is C25H11BrCl4FN5OS. The second-order valence-corrected chi connectivity index (χ2v) is 11.6. The number of ether oxygens (including phenoxy) is 1. The molecule has 190 valence electrons. The van der Waals surface area contributed by atoms with Gasteiger partial charge in [-0.1, -0.05) is 84.8 Å². The number of halogens is 6. The van der Waals surface area contributed by atoms with E-state index in [1.165, 1.54) is 28.0 Å². The van der Waals surface area contributed by atoms with Crippen LogP contribution < -0.4 is 4.74 Å². The number of hydrogen-bond donors (Lipinski definition) is 0. The van der Waals surface area contributed by atoms with E-state index in [2.05, 4.69) is 26.1 Å². The molecule has 0 saturated carbocycles. The van der Waals surface area contributed by atoms with Gasteiger partial charge < -0.3 is 4.74 Å². The molecule has 0 aliphatic heterocycles. The van der Waals surface area contributed by atoms with Crippen molar-refractivity contribution in [2.75, 3.05) is 0 Å². The maximum absolute atomic E-state index is 14.3. The van der Waals surface area contributed by atoms with Crippen LogP contribution in [0.5, 0.6) is 6.01 Å². The van der Waals surface area contributed by atoms with Crippen molar-refractivity contribution in [2.45, 2.75) is 6.61 Å². The number of nitrogens with zero attached hydrogens (tertiary/aromatic N) is 5. The summed E-state index contributed by atoms with van der Waals surface area (Å²) in [6, 6.07) is 15.5. The molecule has 3 aromatic heterocycles. The Balaban J connectivity index is 1.44. The molecule has 0 spiro atoms. The van der Waals surface area contributed by atoms with Crippen molar-refractivity contribution in [2.24, 2.45) is 0 Å². The van der Waals surface area contributed by atoms with Crippen LogP contribution in [-0.4, -0.2) is 24.8 Å². The van der Waals surface area contributed by atoms with Crippen molar-refractivity contribution >= 4 is 89.5 Å². The molecule has 0 unspecified atom stereocenters. The van der Waals surface area contributed by atoms with Gasteiger partial charge in [0.05, 0.1) is 21.3 Å². The summed E-state index contributed by atoms with van der Waals surface area (Å²) in [4.78, 5) is 5.24. The van der Waals surface area contributed by atoms with E-state index < -0.39 is 5.82 Å². The summed E-state index contributed by atoms with van der Waals surface area (Å²) in [7, 11) is 0. The van der Waals surface area contributed by atoms with E-state index in [0.717, 1.165) is 21.0 Å². The maximum atomic E-state index is 14.3. The van der Waals surface area contributed by atoms with Gasteiger partial charge >= 0.3 is 6.01 Å². The Labute approximate surface area is 247 Å². The standard InChI is InChI=1S/C25H11BrCl4FN5OS/c26-12-2-4-21-14(5-12)15(8-22(32-21)16-7-20(31)19(30)9-18(16)29)23-35-36-24(33-34-25(36)38-23)37-10-11-1-3-13(27)6-17(11)28/h1-9H,10H2. The normalized spacial score (nSPS) is 11.5. The molecule has 0 atom stereocenters. The van der Waals surface area contributed by atoms with Crippen molar-refractivity contribution in [3.63, 3.8) is 0 Å². The summed E-state index contributed by atoms with van der Waals surface area (Å²) in [6.45, 7) is 0.152. The highest BCUT2D eigenvalue weighted by Crippen LogP contribution is 2.38. The Morgan fingerprint density at radius 2 is 1.74 bits per heavy atom. The van der Waals surface area contributed by atoms with Gasteiger partial charge in [-0.25, -0.2) is 9.37 Å². The predicted octanol–water partition coefficient (Wildman–Crippen LogP) is 9.16. The zero-order chi connectivity index (χ0) is 26.6. The SMILES string of the molecule is Fc1cc(-c2cc(-c3nn4c(OCc5ccc(Cl)cc5Cl)nnc4s3)c3cc(Br)ccc3n2)c(Cl)cc1Cl. The largest absolute Gasteiger partial charge is 0.457 e. The minimum atomic E-state index is -0.591. The predicted molar refractivity (Wildman–Crippen MR) is 153 cm³/mol. The van der Waals surface area contributed by atoms with Crippen molar-refractivity contribution in [1.82, 2.24) is 24.8 Å². The van der Waals surface area contributed by atoms with Crippen LogP contribution in [0.25, 0.3) is 37.7 Å². The van der Waals surface area contributed by atoms with Crippen molar-refractivity contribution in [3.8, 4) is 27.8 Å². The molecule has 0 bridgehead atoms. The number of pyridine rings is 1. The second kappa shape index (κ2) is 10.2. The Kier molecular flexibility index (Phi) is 6.92. The fourth-order valence-corrected chi connectivity index (χ4v) is 5.98. The summed E-state index contributed by atoms with van der Waals surface area (Å²) in [5, 5.41) is 15.7. The summed E-state index contributed by atoms with van der Waals surface area (Å²) >= 11 is 29.4. The van der Waals surface area contributed by atoms with Gasteiger partial charge in [-0.05, 0) is 48.5 Å². The first-order valence-corrected chi connectivity index (χ1v) is 13.9. The van der Waals surface area contributed by atoms with E-state index in [-0.39, 0.29) is 22.7 Å². The molecule has 6 aromatic rings. The van der Waals surface area contributed by atoms with E-state index in [1.54, 1.807) is 18.2 Å². The van der Waals surface area contributed by atoms with Gasteiger partial charge in [0.15, 0.2) is 0 Å². The van der Waals surface area contributed by atoms with Gasteiger partial charge in [-0.3, -0.25) is 0 Å². The first-order chi connectivity index (χ1) is 18.3. The lowest BCUT2D eigenvalue weighted by Crippen LogP contribution is -2.01. The number of rotatable bonds is 5. The van der Waals surface area contributed by atoms with Crippen molar-refractivity contribution in [1.29, 1.82) is 0 Å². The van der Waals surface area contributed by atoms with Crippen LogP contribution >= 0.6 is 73.7 Å². The molecule has 0 aliphatic carbocycles. The van der Waals surface area contributed by atoms with Crippen LogP contribution in [0.15, 0.2) is 59.1 Å². The fraction of sp³-hybridized carbons (Fsp3) is 0.0400. The Morgan fingerprint density at radius 1 is 0.895 bits per heavy atom. The number of aromatic nitrogens is 5. The monoisotopic (exact) mass is 667 g/mol. The van der Waals surface area contributed by atoms with Gasteiger partial charge in [-0.15, -0.1) is 10.2 Å². The first kappa shape index (κ1) is 25.7. The van der Waals surface area contributed by atoms with Gasteiger partial charge in [0.25, 0.3) is 0 Å². The Hall–Kier alpha value is -2.53. The van der Waals surface area contributed by atoms with Gasteiger partial charge in [-0.2, -0.15) is 4.52 Å². The lowest BCUT2D eigenvalue weighted by molar-refractivity contribution is 0.274. The zero-order valence-corrected chi connectivity index (χ0v) is 24.1. The van der Waals surface area contributed by atoms with Crippen molar-refractivity contribution in [3.05, 3.63) is 90.5 Å². The van der Waals surface area contributed by atoms with Crippen molar-refractivity contribution < 1.29 is 9.13 Å². The van der Waals surface area contributed by atoms with Crippen LogP contribution in [0.2, 0.25) is 20.1 Å². The van der Waals surface area contributed by atoms with E-state index in [1.807, 2.05) is 24.3 Å². The molecule has 38 heavy (non-hydrogen) atoms. The third-order valence-corrected chi connectivity index (χ3v) is 8.24. The summed E-state index contributed by atoms with van der Waals surface area (Å²) in [5.41, 5.74) is 3.04. The smallest absolute Gasteiger partial charge is 0.340 e. The summed E-state index contributed by atoms with van der Waals surface area (Å²) < 4.78 is 22.6. The lowest BCUT2D eigenvalue weighted by Gasteiger charge is -2.10. The highest BCUT2D eigenvalue weighted by molar-refractivity contribution is 9.10. The molecule has 0 aliphatic rings. The molecular weight excluding hydrogens is 659 g/mol. The van der Waals surface area contributed by atoms with E-state index >= 15 is 0 Å². The average molecular weight is 670 g/mol. The number of hydrogen-bond acceptors (Lipinski definition) is 6. The molecule has 0 saturated heterocycles. The molecule has 6 rings (SSSR count). The van der Waals surface area contributed by atoms with E-state index in [0.29, 0.717) is 36.8 Å². The highest BCUT2D eigenvalue weighted by Gasteiger charge is 2.19. The van der Waals surface area contributed by atoms with E-state index in [4.69, 9.17) is 61.2 Å². The molecule has 6 nitrogen and oxygen atoms in total. The Bertz CT molecular complexity index is 1880. The Morgan fingerprint density at radius 3 is 2.55 bits per heavy atom. The van der Waals surface area contributed by atoms with Crippen LogP contribution in [0.3, 0.4) is 0 Å². The second-order valence-electron chi connectivity index (χ2n) is 8.07. The van der Waals surface area contributed by atoms with Crippen LogP contribution in [0.4, 0.5) is 4.39 Å². The van der Waals surface area contributed by atoms with Crippen LogP contribution in [0.1, 0.15) is 5.56 Å². The summed E-state index contributed by atoms with van der Waals surface area (Å²) in [6.07, 6.45) is 0. The molecule has 0 radical (unpaired) electrons. The lowest BCUT2D eigenvalue weighted by atomic mass is 10.0. The number of benzene rings is 3. The van der Waals surface area contributed by atoms with Crippen LogP contribution in [0, 0.1) is 5.82 Å². The fourth-order valence-electron chi connectivity index (χ4n) is 3.81. The zero-order valence-electron chi connectivity index (χ0n) is 18.7. The minimum Gasteiger partial charge on any atom is -0.457 e. The first-order valence-electron chi connectivity index (χ1n) is 10.8. The minimum absolute atomic E-state index is 0.0650. The topological polar surface area (TPSA) is 65.2 Å². The average Bonchev–Trinajstić information content (AvgIpc) is 3.46. The molecule has 0 N–H and O–H groups in total. The summed E-state index contributed by atoms with van der Waals surface area (Å²) in [5.74, 6) is -0.591. The van der Waals surface area contributed by atoms with Gasteiger partial charge in [0, 0.05) is 36.6 Å². The van der Waals surface area contributed by atoms with Crippen LogP contribution in [-0.2, 0) is 6.61 Å². The number of fused-ring (bicyclic) bond motifs is 2. The molecule has 3 aromatic carbocycles.